The Kier molecular flexibility index (Phi) is 4.59. The van der Waals surface area contributed by atoms with Crippen molar-refractivity contribution in [3.63, 3.8) is 0 Å². The second kappa shape index (κ2) is 7.08. The first-order valence-corrected chi connectivity index (χ1v) is 9.45. The molecule has 2 atom stereocenters. The van der Waals surface area contributed by atoms with Gasteiger partial charge in [0.1, 0.15) is 0 Å². The summed E-state index contributed by atoms with van der Waals surface area (Å²) in [7, 11) is 0. The van der Waals surface area contributed by atoms with Gasteiger partial charge in [0.2, 0.25) is 11.8 Å². The Hall–Kier alpha value is -3.21. The number of nitrogens with one attached hydrogen (secondary N) is 1. The molecule has 1 aliphatic heterocycles. The average Bonchev–Trinajstić information content (AvgIpc) is 2.92. The molecule has 4 rings (SSSR count). The third-order valence-corrected chi connectivity index (χ3v) is 5.47. The molecule has 2 aliphatic rings. The molecule has 3 amide bonds. The summed E-state index contributed by atoms with van der Waals surface area (Å²) >= 11 is 0. The number of aryl methyl sites for hydroxylation is 1. The van der Waals surface area contributed by atoms with Crippen LogP contribution >= 0.6 is 0 Å². The molecule has 1 N–H and O–H groups in total. The monoisotopic (exact) mass is 374 g/mol. The minimum atomic E-state index is -0.291. The third kappa shape index (κ3) is 3.24. The fourth-order valence-electron chi connectivity index (χ4n) is 4.00. The van der Waals surface area contributed by atoms with Gasteiger partial charge in [-0.2, -0.15) is 0 Å². The Balaban J connectivity index is 1.58. The number of carbonyl (C=O) groups excluding carboxylic acids is 3. The first-order chi connectivity index (χ1) is 13.4. The molecule has 0 unspecified atom stereocenters. The van der Waals surface area contributed by atoms with Crippen molar-refractivity contribution in [3.8, 4) is 0 Å². The summed E-state index contributed by atoms with van der Waals surface area (Å²) < 4.78 is 0. The van der Waals surface area contributed by atoms with E-state index in [0.717, 1.165) is 11.1 Å². The molecular formula is C23H22N2O3. The smallest absolute Gasteiger partial charge is 0.255 e. The lowest BCUT2D eigenvalue weighted by molar-refractivity contribution is -0.122. The van der Waals surface area contributed by atoms with Gasteiger partial charge in [-0.1, -0.05) is 29.8 Å². The fourth-order valence-corrected chi connectivity index (χ4v) is 4.00. The zero-order valence-electron chi connectivity index (χ0n) is 15.9. The van der Waals surface area contributed by atoms with Gasteiger partial charge in [0.15, 0.2) is 0 Å². The summed E-state index contributed by atoms with van der Waals surface area (Å²) in [5, 5.41) is 2.86. The molecule has 1 aliphatic carbocycles. The number of fused-ring (bicyclic) bond motifs is 1. The summed E-state index contributed by atoms with van der Waals surface area (Å²) in [5.41, 5.74) is 3.76. The highest BCUT2D eigenvalue weighted by Gasteiger charge is 2.48. The quantitative estimate of drug-likeness (QED) is 0.650. The highest BCUT2D eigenvalue weighted by Crippen LogP contribution is 2.39. The predicted octanol–water partition coefficient (Wildman–Crippen LogP) is 4.09. The van der Waals surface area contributed by atoms with Gasteiger partial charge in [0.25, 0.3) is 5.91 Å². The van der Waals surface area contributed by atoms with Gasteiger partial charge < -0.3 is 5.32 Å². The van der Waals surface area contributed by atoms with Crippen LogP contribution in [0.25, 0.3) is 0 Å². The van der Waals surface area contributed by atoms with Crippen LogP contribution in [0.2, 0.25) is 0 Å². The molecule has 1 heterocycles. The van der Waals surface area contributed by atoms with Crippen molar-refractivity contribution in [2.45, 2.75) is 26.7 Å². The molecule has 0 radical (unpaired) electrons. The molecule has 0 saturated carbocycles. The number of rotatable bonds is 3. The first-order valence-electron chi connectivity index (χ1n) is 9.45. The minimum Gasteiger partial charge on any atom is -0.322 e. The number of allylic oxidation sites excluding steroid dienone is 2. The number of nitrogens with zero attached hydrogens (tertiary/aromatic N) is 1. The second-order valence-corrected chi connectivity index (χ2v) is 7.59. The second-order valence-electron chi connectivity index (χ2n) is 7.59. The number of anilines is 2. The molecule has 5 nitrogen and oxygen atoms in total. The molecule has 0 spiro atoms. The third-order valence-electron chi connectivity index (χ3n) is 5.47. The Labute approximate surface area is 164 Å². The van der Waals surface area contributed by atoms with Crippen molar-refractivity contribution >= 4 is 29.1 Å². The summed E-state index contributed by atoms with van der Waals surface area (Å²) in [6, 6.07) is 14.2. The van der Waals surface area contributed by atoms with E-state index in [2.05, 4.69) is 5.32 Å². The van der Waals surface area contributed by atoms with Crippen molar-refractivity contribution in [1.82, 2.24) is 0 Å². The lowest BCUT2D eigenvalue weighted by Gasteiger charge is -2.18. The molecule has 2 aromatic rings. The summed E-state index contributed by atoms with van der Waals surface area (Å²) in [4.78, 5) is 39.6. The van der Waals surface area contributed by atoms with Crippen molar-refractivity contribution < 1.29 is 14.4 Å². The van der Waals surface area contributed by atoms with Crippen molar-refractivity contribution in [1.29, 1.82) is 0 Å². The molecule has 0 bridgehead atoms. The van der Waals surface area contributed by atoms with Crippen molar-refractivity contribution in [2.24, 2.45) is 11.8 Å². The Morgan fingerprint density at radius 3 is 2.54 bits per heavy atom. The maximum Gasteiger partial charge on any atom is 0.255 e. The summed E-state index contributed by atoms with van der Waals surface area (Å²) in [5.74, 6) is -1.20. The maximum atomic E-state index is 12.9. The van der Waals surface area contributed by atoms with Gasteiger partial charge in [0.05, 0.1) is 17.5 Å². The molecule has 142 valence electrons. The summed E-state index contributed by atoms with van der Waals surface area (Å²) in [6.45, 7) is 3.95. The van der Waals surface area contributed by atoms with Crippen LogP contribution in [0, 0.1) is 18.8 Å². The normalized spacial score (nSPS) is 21.4. The van der Waals surface area contributed by atoms with Gasteiger partial charge in [-0.3, -0.25) is 19.3 Å². The Bertz CT molecular complexity index is 1010. The van der Waals surface area contributed by atoms with Crippen LogP contribution in [-0.4, -0.2) is 17.7 Å². The van der Waals surface area contributed by atoms with Crippen LogP contribution in [-0.2, 0) is 9.59 Å². The highest BCUT2D eigenvalue weighted by atomic mass is 16.2. The Morgan fingerprint density at radius 1 is 1.00 bits per heavy atom. The highest BCUT2D eigenvalue weighted by molar-refractivity contribution is 6.22. The molecule has 28 heavy (non-hydrogen) atoms. The first kappa shape index (κ1) is 18.2. The van der Waals surface area contributed by atoms with E-state index in [1.165, 1.54) is 4.90 Å². The van der Waals surface area contributed by atoms with Gasteiger partial charge in [-0.05, 0) is 62.6 Å². The van der Waals surface area contributed by atoms with Gasteiger partial charge >= 0.3 is 0 Å². The predicted molar refractivity (Wildman–Crippen MR) is 108 cm³/mol. The van der Waals surface area contributed by atoms with E-state index in [0.29, 0.717) is 29.8 Å². The van der Waals surface area contributed by atoms with Crippen molar-refractivity contribution in [3.05, 3.63) is 71.3 Å². The fraction of sp³-hybridized carbons (Fsp3) is 0.261. The topological polar surface area (TPSA) is 66.5 Å². The van der Waals surface area contributed by atoms with E-state index < -0.39 is 0 Å². The number of amides is 3. The van der Waals surface area contributed by atoms with Crippen LogP contribution < -0.4 is 10.2 Å². The lowest BCUT2D eigenvalue weighted by Crippen LogP contribution is -2.31. The van der Waals surface area contributed by atoms with Crippen LogP contribution in [0.5, 0.6) is 0 Å². The van der Waals surface area contributed by atoms with E-state index >= 15 is 0 Å². The molecule has 0 aromatic heterocycles. The zero-order valence-corrected chi connectivity index (χ0v) is 15.9. The average molecular weight is 374 g/mol. The van der Waals surface area contributed by atoms with Crippen molar-refractivity contribution in [2.75, 3.05) is 10.2 Å². The zero-order chi connectivity index (χ0) is 19.8. The van der Waals surface area contributed by atoms with Crippen LogP contribution in [0.15, 0.2) is 60.2 Å². The molecule has 1 fully saturated rings. The number of benzene rings is 2. The van der Waals surface area contributed by atoms with Gasteiger partial charge in [-0.15, -0.1) is 0 Å². The van der Waals surface area contributed by atoms with Gasteiger partial charge in [0, 0.05) is 11.3 Å². The number of imide groups is 1. The van der Waals surface area contributed by atoms with Gasteiger partial charge in [-0.25, -0.2) is 0 Å². The maximum absolute atomic E-state index is 12.9. The number of hydrogen-bond acceptors (Lipinski definition) is 3. The van der Waals surface area contributed by atoms with E-state index in [1.54, 1.807) is 24.3 Å². The number of carbonyl (C=O) groups is 3. The summed E-state index contributed by atoms with van der Waals surface area (Å²) in [6.07, 6.45) is 3.27. The standard InChI is InChI=1S/C23H22N2O3/c1-14-5-3-7-17(11-14)24-21(26)16-6-4-8-18(13-16)25-22(27)19-10-9-15(2)12-20(19)23(25)28/h3-9,11,13,19-20H,10,12H2,1-2H3,(H,24,26)/t19-,20-/m0/s1. The lowest BCUT2D eigenvalue weighted by atomic mass is 9.82. The largest absolute Gasteiger partial charge is 0.322 e. The number of hydrogen-bond donors (Lipinski definition) is 1. The minimum absolute atomic E-state index is 0.168. The molecule has 2 aromatic carbocycles. The van der Waals surface area contributed by atoms with E-state index in [4.69, 9.17) is 0 Å². The molecule has 1 saturated heterocycles. The SMILES string of the molecule is CC1=CC[C@@H]2C(=O)N(c3cccc(C(=O)Nc4cccc(C)c4)c3)C(=O)[C@H]2C1. The van der Waals surface area contributed by atoms with E-state index in [-0.39, 0.29) is 29.6 Å². The Morgan fingerprint density at radius 2 is 1.75 bits per heavy atom. The van der Waals surface area contributed by atoms with Crippen LogP contribution in [0.4, 0.5) is 11.4 Å². The van der Waals surface area contributed by atoms with E-state index in [9.17, 15) is 14.4 Å². The molecule has 5 heteroatoms. The van der Waals surface area contributed by atoms with Crippen LogP contribution in [0.3, 0.4) is 0 Å². The molecular weight excluding hydrogens is 352 g/mol. The van der Waals surface area contributed by atoms with Crippen LogP contribution in [0.1, 0.15) is 35.7 Å². The van der Waals surface area contributed by atoms with E-state index in [1.807, 2.05) is 44.2 Å².